The fourth-order valence-electron chi connectivity index (χ4n) is 4.13. The molecule has 0 unspecified atom stereocenters. The summed E-state index contributed by atoms with van der Waals surface area (Å²) < 4.78 is 27.6. The smallest absolute Gasteiger partial charge is 0.243 e. The van der Waals surface area contributed by atoms with Gasteiger partial charge >= 0.3 is 0 Å². The van der Waals surface area contributed by atoms with Crippen LogP contribution in [0.25, 0.3) is 0 Å². The summed E-state index contributed by atoms with van der Waals surface area (Å²) in [6, 6.07) is 11.0. The standard InChI is InChI=1S/C22H28ClN3O3S2/c23-21-9-6-19(30-21)17-24-13-15-25(16-14-24)22(27)10-5-18-3-7-20(8-4-18)31(28,29)26-11-1-2-12-26/h3-4,6-9H,1-2,5,10-17H2. The zero-order valence-corrected chi connectivity index (χ0v) is 19.9. The molecule has 9 heteroatoms. The van der Waals surface area contributed by atoms with E-state index in [4.69, 9.17) is 11.6 Å². The third-order valence-electron chi connectivity index (χ3n) is 5.99. The molecule has 0 N–H and O–H groups in total. The third-order valence-corrected chi connectivity index (χ3v) is 9.12. The van der Waals surface area contributed by atoms with E-state index in [9.17, 15) is 13.2 Å². The SMILES string of the molecule is O=C(CCc1ccc(S(=O)(=O)N2CCCC2)cc1)N1CCN(Cc2ccc(Cl)s2)CC1. The molecule has 1 aromatic carbocycles. The summed E-state index contributed by atoms with van der Waals surface area (Å²) in [7, 11) is -3.38. The monoisotopic (exact) mass is 481 g/mol. The van der Waals surface area contributed by atoms with Crippen LogP contribution < -0.4 is 0 Å². The van der Waals surface area contributed by atoms with Gasteiger partial charge in [-0.05, 0) is 49.1 Å². The number of amides is 1. The molecule has 6 nitrogen and oxygen atoms in total. The van der Waals surface area contributed by atoms with E-state index in [2.05, 4.69) is 11.0 Å². The summed E-state index contributed by atoms with van der Waals surface area (Å²) in [6.07, 6.45) is 2.92. The molecule has 0 aliphatic carbocycles. The van der Waals surface area contributed by atoms with Crippen LogP contribution in [0.5, 0.6) is 0 Å². The predicted molar refractivity (Wildman–Crippen MR) is 124 cm³/mol. The van der Waals surface area contributed by atoms with Gasteiger partial charge in [-0.2, -0.15) is 4.31 Å². The van der Waals surface area contributed by atoms with Gasteiger partial charge in [-0.3, -0.25) is 9.69 Å². The van der Waals surface area contributed by atoms with Crippen molar-refractivity contribution < 1.29 is 13.2 Å². The number of sulfonamides is 1. The van der Waals surface area contributed by atoms with Crippen molar-refractivity contribution in [2.24, 2.45) is 0 Å². The van der Waals surface area contributed by atoms with Crippen molar-refractivity contribution in [3.63, 3.8) is 0 Å². The van der Waals surface area contributed by atoms with E-state index in [1.807, 2.05) is 23.1 Å². The van der Waals surface area contributed by atoms with Crippen LogP contribution in [-0.2, 0) is 27.8 Å². The lowest BCUT2D eigenvalue weighted by Gasteiger charge is -2.34. The maximum atomic E-state index is 12.6. The molecule has 2 aromatic rings. The van der Waals surface area contributed by atoms with Crippen molar-refractivity contribution in [2.45, 2.75) is 37.1 Å². The molecule has 31 heavy (non-hydrogen) atoms. The highest BCUT2D eigenvalue weighted by molar-refractivity contribution is 7.89. The van der Waals surface area contributed by atoms with Crippen molar-refractivity contribution in [3.8, 4) is 0 Å². The van der Waals surface area contributed by atoms with Crippen molar-refractivity contribution in [2.75, 3.05) is 39.3 Å². The van der Waals surface area contributed by atoms with Gasteiger partial charge in [0.2, 0.25) is 15.9 Å². The van der Waals surface area contributed by atoms with Gasteiger partial charge in [0.25, 0.3) is 0 Å². The number of halogens is 1. The van der Waals surface area contributed by atoms with Gasteiger partial charge in [0.1, 0.15) is 0 Å². The normalized spacial score (nSPS) is 18.5. The molecule has 1 amide bonds. The number of thiophene rings is 1. The number of piperazine rings is 1. The molecule has 0 spiro atoms. The Labute approximate surface area is 193 Å². The highest BCUT2D eigenvalue weighted by Crippen LogP contribution is 2.24. The quantitative estimate of drug-likeness (QED) is 0.607. The number of carbonyl (C=O) groups excluding carboxylic acids is 1. The Balaban J connectivity index is 1.23. The molecular weight excluding hydrogens is 454 g/mol. The molecule has 0 saturated carbocycles. The molecule has 0 radical (unpaired) electrons. The Hall–Kier alpha value is -1.45. The summed E-state index contributed by atoms with van der Waals surface area (Å²) in [6.45, 7) is 5.30. The van der Waals surface area contributed by atoms with E-state index in [1.165, 1.54) is 4.88 Å². The molecule has 168 valence electrons. The summed E-state index contributed by atoms with van der Waals surface area (Å²) in [4.78, 5) is 18.5. The average molecular weight is 482 g/mol. The number of carbonyl (C=O) groups is 1. The molecule has 2 aliphatic rings. The molecule has 2 saturated heterocycles. The van der Waals surface area contributed by atoms with E-state index in [-0.39, 0.29) is 5.91 Å². The largest absolute Gasteiger partial charge is 0.340 e. The van der Waals surface area contributed by atoms with Crippen LogP contribution in [0.4, 0.5) is 0 Å². The lowest BCUT2D eigenvalue weighted by Crippen LogP contribution is -2.48. The number of rotatable bonds is 7. The summed E-state index contributed by atoms with van der Waals surface area (Å²) in [5.74, 6) is 0.160. The van der Waals surface area contributed by atoms with E-state index in [0.717, 1.165) is 55.5 Å². The maximum absolute atomic E-state index is 12.6. The van der Waals surface area contributed by atoms with Crippen LogP contribution in [0.15, 0.2) is 41.3 Å². The van der Waals surface area contributed by atoms with Crippen LogP contribution in [0.3, 0.4) is 0 Å². The third kappa shape index (κ3) is 5.68. The van der Waals surface area contributed by atoms with E-state index >= 15 is 0 Å². The second kappa shape index (κ2) is 10.0. The Bertz CT molecular complexity index is 993. The fourth-order valence-corrected chi connectivity index (χ4v) is 6.77. The summed E-state index contributed by atoms with van der Waals surface area (Å²) >= 11 is 7.61. The van der Waals surface area contributed by atoms with Crippen molar-refractivity contribution >= 4 is 38.9 Å². The Kier molecular flexibility index (Phi) is 7.33. The van der Waals surface area contributed by atoms with Gasteiger partial charge in [0, 0.05) is 57.1 Å². The zero-order valence-electron chi connectivity index (χ0n) is 17.5. The molecule has 4 rings (SSSR count). The predicted octanol–water partition coefficient (Wildman–Crippen LogP) is 3.46. The van der Waals surface area contributed by atoms with E-state index < -0.39 is 10.0 Å². The second-order valence-corrected chi connectivity index (χ2v) is 11.9. The Morgan fingerprint density at radius 1 is 0.935 bits per heavy atom. The lowest BCUT2D eigenvalue weighted by molar-refractivity contribution is -0.132. The van der Waals surface area contributed by atoms with E-state index in [1.54, 1.807) is 27.8 Å². The number of hydrogen-bond acceptors (Lipinski definition) is 5. The topological polar surface area (TPSA) is 60.9 Å². The fraction of sp³-hybridized carbons (Fsp3) is 0.500. The van der Waals surface area contributed by atoms with Crippen molar-refractivity contribution in [3.05, 3.63) is 51.2 Å². The van der Waals surface area contributed by atoms with Gasteiger partial charge < -0.3 is 4.90 Å². The van der Waals surface area contributed by atoms with Crippen LogP contribution in [-0.4, -0.2) is 67.7 Å². The highest BCUT2D eigenvalue weighted by Gasteiger charge is 2.27. The summed E-state index contributed by atoms with van der Waals surface area (Å²) in [5.41, 5.74) is 0.988. The van der Waals surface area contributed by atoms with Crippen LogP contribution in [0, 0.1) is 0 Å². The number of benzene rings is 1. The molecular formula is C22H28ClN3O3S2. The zero-order chi connectivity index (χ0) is 21.8. The Morgan fingerprint density at radius 2 is 1.61 bits per heavy atom. The van der Waals surface area contributed by atoms with Gasteiger partial charge in [0.05, 0.1) is 9.23 Å². The first-order valence-corrected chi connectivity index (χ1v) is 13.4. The highest BCUT2D eigenvalue weighted by atomic mass is 35.5. The first-order valence-electron chi connectivity index (χ1n) is 10.8. The Morgan fingerprint density at radius 3 is 2.23 bits per heavy atom. The van der Waals surface area contributed by atoms with Crippen LogP contribution in [0.1, 0.15) is 29.7 Å². The minimum absolute atomic E-state index is 0.160. The first kappa shape index (κ1) is 22.7. The molecule has 2 fully saturated rings. The number of aryl methyl sites for hydroxylation is 1. The number of nitrogens with zero attached hydrogens (tertiary/aromatic N) is 3. The molecule has 1 aromatic heterocycles. The average Bonchev–Trinajstić information content (AvgIpc) is 3.45. The molecule has 0 atom stereocenters. The van der Waals surface area contributed by atoms with E-state index in [0.29, 0.717) is 30.8 Å². The van der Waals surface area contributed by atoms with Gasteiger partial charge in [-0.15, -0.1) is 11.3 Å². The first-order chi connectivity index (χ1) is 14.9. The molecule has 0 bridgehead atoms. The minimum atomic E-state index is -3.38. The summed E-state index contributed by atoms with van der Waals surface area (Å²) in [5, 5.41) is 0. The van der Waals surface area contributed by atoms with Gasteiger partial charge in [-0.1, -0.05) is 23.7 Å². The van der Waals surface area contributed by atoms with Crippen molar-refractivity contribution in [1.29, 1.82) is 0 Å². The molecule has 3 heterocycles. The van der Waals surface area contributed by atoms with Crippen LogP contribution in [0.2, 0.25) is 4.34 Å². The second-order valence-electron chi connectivity index (χ2n) is 8.12. The minimum Gasteiger partial charge on any atom is -0.340 e. The van der Waals surface area contributed by atoms with Gasteiger partial charge in [-0.25, -0.2) is 8.42 Å². The maximum Gasteiger partial charge on any atom is 0.243 e. The van der Waals surface area contributed by atoms with Crippen molar-refractivity contribution in [1.82, 2.24) is 14.1 Å². The lowest BCUT2D eigenvalue weighted by atomic mass is 10.1. The van der Waals surface area contributed by atoms with Crippen LogP contribution >= 0.6 is 22.9 Å². The number of hydrogen-bond donors (Lipinski definition) is 0. The molecule has 2 aliphatic heterocycles. The van der Waals surface area contributed by atoms with Gasteiger partial charge in [0.15, 0.2) is 0 Å².